The smallest absolute Gasteiger partial charge is 0.267 e. The van der Waals surface area contributed by atoms with Crippen LogP contribution in [0.25, 0.3) is 11.3 Å². The molecule has 0 atom stereocenters. The minimum Gasteiger partial charge on any atom is -0.372 e. The number of nitrogens with one attached hydrogen (secondary N) is 1. The van der Waals surface area contributed by atoms with Crippen LogP contribution >= 0.6 is 0 Å². The number of amides is 1. The predicted molar refractivity (Wildman–Crippen MR) is 120 cm³/mol. The highest BCUT2D eigenvalue weighted by Gasteiger charge is 2.12. The fourth-order valence-corrected chi connectivity index (χ4v) is 3.77. The zero-order valence-electron chi connectivity index (χ0n) is 17.2. The molecule has 1 aliphatic heterocycles. The Labute approximate surface area is 176 Å². The number of carbonyl (C=O) groups is 1. The van der Waals surface area contributed by atoms with Crippen molar-refractivity contribution in [1.82, 2.24) is 9.78 Å². The van der Waals surface area contributed by atoms with E-state index >= 15 is 0 Å². The minimum atomic E-state index is -0.303. The van der Waals surface area contributed by atoms with Gasteiger partial charge in [-0.1, -0.05) is 24.3 Å². The maximum Gasteiger partial charge on any atom is 0.267 e. The molecule has 0 bridgehead atoms. The lowest BCUT2D eigenvalue weighted by Crippen LogP contribution is -2.29. The number of rotatable bonds is 5. The van der Waals surface area contributed by atoms with Crippen molar-refractivity contribution in [3.63, 3.8) is 0 Å². The second kappa shape index (κ2) is 8.95. The van der Waals surface area contributed by atoms with E-state index in [2.05, 4.69) is 27.4 Å². The molecular formula is C24H26N4O2. The highest BCUT2D eigenvalue weighted by atomic mass is 16.2. The van der Waals surface area contributed by atoms with E-state index in [1.165, 1.54) is 35.7 Å². The summed E-state index contributed by atoms with van der Waals surface area (Å²) in [5, 5.41) is 7.23. The summed E-state index contributed by atoms with van der Waals surface area (Å²) < 4.78 is 1.21. The van der Waals surface area contributed by atoms with Gasteiger partial charge >= 0.3 is 0 Å². The van der Waals surface area contributed by atoms with Crippen LogP contribution in [0.2, 0.25) is 0 Å². The summed E-state index contributed by atoms with van der Waals surface area (Å²) in [5.74, 6) is -0.284. The predicted octanol–water partition coefficient (Wildman–Crippen LogP) is 3.85. The third kappa shape index (κ3) is 4.76. The molecule has 6 nitrogen and oxygen atoms in total. The van der Waals surface area contributed by atoms with Crippen molar-refractivity contribution in [2.24, 2.45) is 0 Å². The standard InChI is InChI=1S/C24H26N4O2/c1-18-6-5-7-20(16-18)25-23(29)17-28-24(30)13-12-22(26-28)19-8-10-21(11-9-19)27-14-3-2-4-15-27/h5-13,16H,2-4,14-15,17H2,1H3,(H,25,29). The van der Waals surface area contributed by atoms with Crippen LogP contribution in [0.4, 0.5) is 11.4 Å². The van der Waals surface area contributed by atoms with E-state index < -0.39 is 0 Å². The summed E-state index contributed by atoms with van der Waals surface area (Å²) in [5.41, 5.74) is 4.26. The number of aryl methyl sites for hydroxylation is 1. The van der Waals surface area contributed by atoms with Crippen molar-refractivity contribution in [2.45, 2.75) is 32.7 Å². The quantitative estimate of drug-likeness (QED) is 0.704. The number of nitrogens with zero attached hydrogens (tertiary/aromatic N) is 3. The van der Waals surface area contributed by atoms with Gasteiger partial charge in [0.25, 0.3) is 5.56 Å². The van der Waals surface area contributed by atoms with Gasteiger partial charge in [-0.3, -0.25) is 9.59 Å². The topological polar surface area (TPSA) is 67.2 Å². The SMILES string of the molecule is Cc1cccc(NC(=O)Cn2nc(-c3ccc(N4CCCCC4)cc3)ccc2=O)c1. The molecule has 30 heavy (non-hydrogen) atoms. The normalized spacial score (nSPS) is 13.8. The number of anilines is 2. The van der Waals surface area contributed by atoms with Gasteiger partial charge in [0.2, 0.25) is 5.91 Å². The summed E-state index contributed by atoms with van der Waals surface area (Å²) in [6, 6.07) is 18.9. The van der Waals surface area contributed by atoms with E-state index in [4.69, 9.17) is 0 Å². The lowest BCUT2D eigenvalue weighted by Gasteiger charge is -2.28. The van der Waals surface area contributed by atoms with E-state index in [9.17, 15) is 9.59 Å². The maximum atomic E-state index is 12.4. The van der Waals surface area contributed by atoms with Gasteiger partial charge < -0.3 is 10.2 Å². The molecule has 0 saturated carbocycles. The van der Waals surface area contributed by atoms with Gasteiger partial charge in [-0.15, -0.1) is 0 Å². The van der Waals surface area contributed by atoms with Crippen molar-refractivity contribution in [3.8, 4) is 11.3 Å². The zero-order valence-corrected chi connectivity index (χ0v) is 17.2. The molecule has 2 aromatic carbocycles. The Morgan fingerprint density at radius 1 is 1.00 bits per heavy atom. The molecule has 1 aromatic heterocycles. The van der Waals surface area contributed by atoms with Gasteiger partial charge in [0, 0.05) is 36.1 Å². The monoisotopic (exact) mass is 402 g/mol. The van der Waals surface area contributed by atoms with Crippen LogP contribution in [-0.2, 0) is 11.3 Å². The van der Waals surface area contributed by atoms with Crippen molar-refractivity contribution in [1.29, 1.82) is 0 Å². The second-order valence-corrected chi connectivity index (χ2v) is 7.73. The van der Waals surface area contributed by atoms with Crippen LogP contribution in [0, 0.1) is 6.92 Å². The van der Waals surface area contributed by atoms with Crippen LogP contribution in [0.3, 0.4) is 0 Å². The molecule has 1 amide bonds. The lowest BCUT2D eigenvalue weighted by molar-refractivity contribution is -0.117. The first-order valence-corrected chi connectivity index (χ1v) is 10.4. The first kappa shape index (κ1) is 19.9. The average Bonchev–Trinajstić information content (AvgIpc) is 2.76. The van der Waals surface area contributed by atoms with E-state index in [1.54, 1.807) is 6.07 Å². The molecule has 1 fully saturated rings. The molecule has 0 unspecified atom stereocenters. The van der Waals surface area contributed by atoms with E-state index in [0.29, 0.717) is 11.4 Å². The highest BCUT2D eigenvalue weighted by Crippen LogP contribution is 2.23. The largest absolute Gasteiger partial charge is 0.372 e. The molecular weight excluding hydrogens is 376 g/mol. The molecule has 1 aliphatic rings. The highest BCUT2D eigenvalue weighted by molar-refractivity contribution is 5.90. The first-order valence-electron chi connectivity index (χ1n) is 10.4. The van der Waals surface area contributed by atoms with E-state index in [0.717, 1.165) is 24.2 Å². The summed E-state index contributed by atoms with van der Waals surface area (Å²) in [6.07, 6.45) is 3.77. The zero-order chi connectivity index (χ0) is 20.9. The van der Waals surface area contributed by atoms with Gasteiger partial charge in [0.1, 0.15) is 6.54 Å². The molecule has 1 N–H and O–H groups in total. The first-order chi connectivity index (χ1) is 14.6. The van der Waals surface area contributed by atoms with E-state index in [-0.39, 0.29) is 18.0 Å². The number of aromatic nitrogens is 2. The second-order valence-electron chi connectivity index (χ2n) is 7.73. The summed E-state index contributed by atoms with van der Waals surface area (Å²) >= 11 is 0. The third-order valence-electron chi connectivity index (χ3n) is 5.35. The lowest BCUT2D eigenvalue weighted by atomic mass is 10.1. The average molecular weight is 402 g/mol. The Bertz CT molecular complexity index is 1080. The van der Waals surface area contributed by atoms with Crippen LogP contribution in [0.5, 0.6) is 0 Å². The minimum absolute atomic E-state index is 0.132. The van der Waals surface area contributed by atoms with Crippen molar-refractivity contribution in [2.75, 3.05) is 23.3 Å². The van der Waals surface area contributed by atoms with Gasteiger partial charge in [0.05, 0.1) is 5.69 Å². The van der Waals surface area contributed by atoms with Crippen molar-refractivity contribution < 1.29 is 4.79 Å². The van der Waals surface area contributed by atoms with E-state index in [1.807, 2.05) is 43.3 Å². The van der Waals surface area contributed by atoms with Crippen molar-refractivity contribution in [3.05, 3.63) is 76.6 Å². The van der Waals surface area contributed by atoms with Gasteiger partial charge in [-0.05, 0) is 62.1 Å². The Hall–Kier alpha value is -3.41. The fraction of sp³-hybridized carbons (Fsp3) is 0.292. The molecule has 0 aliphatic carbocycles. The van der Waals surface area contributed by atoms with Crippen molar-refractivity contribution >= 4 is 17.3 Å². The number of hydrogen-bond donors (Lipinski definition) is 1. The number of piperidine rings is 1. The van der Waals surface area contributed by atoms with Gasteiger partial charge in [-0.2, -0.15) is 5.10 Å². The molecule has 0 spiro atoms. The molecule has 2 heterocycles. The number of hydrogen-bond acceptors (Lipinski definition) is 4. The summed E-state index contributed by atoms with van der Waals surface area (Å²) in [7, 11) is 0. The van der Waals surface area contributed by atoms with Gasteiger partial charge in [-0.25, -0.2) is 4.68 Å². The summed E-state index contributed by atoms with van der Waals surface area (Å²) in [6.45, 7) is 4.02. The van der Waals surface area contributed by atoms with Crippen LogP contribution < -0.4 is 15.8 Å². The Kier molecular flexibility index (Phi) is 5.93. The molecule has 6 heteroatoms. The number of benzene rings is 2. The van der Waals surface area contributed by atoms with Crippen LogP contribution in [0.15, 0.2) is 65.5 Å². The number of carbonyl (C=O) groups excluding carboxylic acids is 1. The molecule has 0 radical (unpaired) electrons. The molecule has 3 aromatic rings. The van der Waals surface area contributed by atoms with Crippen LogP contribution in [-0.4, -0.2) is 28.8 Å². The van der Waals surface area contributed by atoms with Crippen LogP contribution in [0.1, 0.15) is 24.8 Å². The Balaban J connectivity index is 1.48. The maximum absolute atomic E-state index is 12.4. The van der Waals surface area contributed by atoms with Gasteiger partial charge in [0.15, 0.2) is 0 Å². The Morgan fingerprint density at radius 3 is 2.50 bits per heavy atom. The molecule has 154 valence electrons. The molecule has 1 saturated heterocycles. The fourth-order valence-electron chi connectivity index (χ4n) is 3.77. The third-order valence-corrected chi connectivity index (χ3v) is 5.35. The summed E-state index contributed by atoms with van der Waals surface area (Å²) in [4.78, 5) is 27.0. The molecule has 4 rings (SSSR count). The Morgan fingerprint density at radius 2 is 1.77 bits per heavy atom.